The van der Waals surface area contributed by atoms with Crippen molar-refractivity contribution in [3.63, 3.8) is 0 Å². The first-order valence-electron chi connectivity index (χ1n) is 9.17. The van der Waals surface area contributed by atoms with Crippen LogP contribution in [0.5, 0.6) is 0 Å². The Hall–Kier alpha value is -2.39. The SMILES string of the molecule is Cc1sc2nc(SCC(=O)Nc3cccnc3Cl)n(-c3ccc(Cl)cc3)c(=O)c2c1C. The highest BCUT2D eigenvalue weighted by molar-refractivity contribution is 7.99. The number of nitrogens with one attached hydrogen (secondary N) is 1. The zero-order valence-corrected chi connectivity index (χ0v) is 19.6. The van der Waals surface area contributed by atoms with E-state index >= 15 is 0 Å². The van der Waals surface area contributed by atoms with Crippen LogP contribution in [-0.4, -0.2) is 26.2 Å². The van der Waals surface area contributed by atoms with Gasteiger partial charge in [-0.25, -0.2) is 9.97 Å². The minimum atomic E-state index is -0.282. The second-order valence-electron chi connectivity index (χ2n) is 6.65. The van der Waals surface area contributed by atoms with Crippen LogP contribution < -0.4 is 10.9 Å². The Labute approximate surface area is 196 Å². The molecule has 0 aliphatic heterocycles. The average Bonchev–Trinajstić information content (AvgIpc) is 3.03. The van der Waals surface area contributed by atoms with Gasteiger partial charge in [-0.05, 0) is 55.8 Å². The first-order chi connectivity index (χ1) is 14.8. The lowest BCUT2D eigenvalue weighted by atomic mass is 10.2. The van der Waals surface area contributed by atoms with Gasteiger partial charge in [0.05, 0.1) is 22.5 Å². The van der Waals surface area contributed by atoms with Gasteiger partial charge >= 0.3 is 0 Å². The zero-order valence-electron chi connectivity index (χ0n) is 16.5. The lowest BCUT2D eigenvalue weighted by Gasteiger charge is -2.12. The maximum absolute atomic E-state index is 13.4. The first-order valence-corrected chi connectivity index (χ1v) is 11.7. The molecule has 0 bridgehead atoms. The molecule has 10 heteroatoms. The van der Waals surface area contributed by atoms with Crippen LogP contribution in [0.1, 0.15) is 10.4 Å². The van der Waals surface area contributed by atoms with E-state index in [9.17, 15) is 9.59 Å². The van der Waals surface area contributed by atoms with Gasteiger partial charge in [-0.15, -0.1) is 11.3 Å². The first kappa shape index (κ1) is 21.8. The minimum absolute atomic E-state index is 0.0418. The highest BCUT2D eigenvalue weighted by Gasteiger charge is 2.19. The highest BCUT2D eigenvalue weighted by atomic mass is 35.5. The third-order valence-corrected chi connectivity index (χ3v) is 7.22. The van der Waals surface area contributed by atoms with E-state index in [1.807, 2.05) is 13.8 Å². The van der Waals surface area contributed by atoms with Crippen molar-refractivity contribution < 1.29 is 4.79 Å². The predicted octanol–water partition coefficient (Wildman–Crippen LogP) is 5.50. The third-order valence-electron chi connectivity index (χ3n) is 4.62. The van der Waals surface area contributed by atoms with Gasteiger partial charge < -0.3 is 5.32 Å². The van der Waals surface area contributed by atoms with Crippen LogP contribution in [0, 0.1) is 13.8 Å². The topological polar surface area (TPSA) is 76.9 Å². The number of rotatable bonds is 5. The molecule has 3 aromatic heterocycles. The number of carbonyl (C=O) groups excluding carboxylic acids is 1. The van der Waals surface area contributed by atoms with Gasteiger partial charge in [-0.1, -0.05) is 35.0 Å². The normalized spacial score (nSPS) is 11.1. The Morgan fingerprint density at radius 2 is 1.94 bits per heavy atom. The van der Waals surface area contributed by atoms with Gasteiger partial charge in [0.1, 0.15) is 4.83 Å². The van der Waals surface area contributed by atoms with Gasteiger partial charge in [0, 0.05) is 16.1 Å². The summed E-state index contributed by atoms with van der Waals surface area (Å²) in [5.74, 6) is -0.240. The van der Waals surface area contributed by atoms with E-state index in [1.165, 1.54) is 27.7 Å². The molecule has 0 saturated carbocycles. The largest absolute Gasteiger partial charge is 0.323 e. The zero-order chi connectivity index (χ0) is 22.1. The molecule has 4 aromatic rings. The van der Waals surface area contributed by atoms with Crippen LogP contribution in [0.2, 0.25) is 10.2 Å². The maximum atomic E-state index is 13.4. The van der Waals surface area contributed by atoms with Crippen LogP contribution in [-0.2, 0) is 4.79 Å². The summed E-state index contributed by atoms with van der Waals surface area (Å²) in [5, 5.41) is 4.52. The molecule has 0 fully saturated rings. The van der Waals surface area contributed by atoms with E-state index in [4.69, 9.17) is 28.2 Å². The summed E-state index contributed by atoms with van der Waals surface area (Å²) in [5.41, 5.74) is 1.80. The van der Waals surface area contributed by atoms with Crippen molar-refractivity contribution in [3.8, 4) is 5.69 Å². The van der Waals surface area contributed by atoms with Gasteiger partial charge in [-0.2, -0.15) is 0 Å². The Morgan fingerprint density at radius 3 is 2.65 bits per heavy atom. The number of nitrogens with zero attached hydrogens (tertiary/aromatic N) is 3. The molecule has 4 rings (SSSR count). The molecule has 3 heterocycles. The van der Waals surface area contributed by atoms with Crippen LogP contribution in [0.4, 0.5) is 5.69 Å². The number of thioether (sulfide) groups is 1. The highest BCUT2D eigenvalue weighted by Crippen LogP contribution is 2.30. The second kappa shape index (κ2) is 9.00. The van der Waals surface area contributed by atoms with E-state index in [1.54, 1.807) is 42.6 Å². The lowest BCUT2D eigenvalue weighted by molar-refractivity contribution is -0.113. The van der Waals surface area contributed by atoms with E-state index < -0.39 is 0 Å². The third kappa shape index (κ3) is 4.48. The van der Waals surface area contributed by atoms with Crippen molar-refractivity contribution in [2.45, 2.75) is 19.0 Å². The fraction of sp³-hybridized carbons (Fsp3) is 0.143. The number of pyridine rings is 1. The molecule has 1 N–H and O–H groups in total. The van der Waals surface area contributed by atoms with Crippen molar-refractivity contribution in [1.29, 1.82) is 0 Å². The van der Waals surface area contributed by atoms with E-state index in [-0.39, 0.29) is 22.4 Å². The summed E-state index contributed by atoms with van der Waals surface area (Å²) in [7, 11) is 0. The lowest BCUT2D eigenvalue weighted by Crippen LogP contribution is -2.22. The number of amides is 1. The van der Waals surface area contributed by atoms with Crippen molar-refractivity contribution in [1.82, 2.24) is 14.5 Å². The van der Waals surface area contributed by atoms with Crippen LogP contribution in [0.15, 0.2) is 52.5 Å². The van der Waals surface area contributed by atoms with Crippen molar-refractivity contribution in [2.75, 3.05) is 11.1 Å². The fourth-order valence-corrected chi connectivity index (χ4v) is 5.16. The number of anilines is 1. The number of hydrogen-bond donors (Lipinski definition) is 1. The summed E-state index contributed by atoms with van der Waals surface area (Å²) in [4.78, 5) is 36.2. The molecule has 0 spiro atoms. The summed E-state index contributed by atoms with van der Waals surface area (Å²) in [6.45, 7) is 3.88. The van der Waals surface area contributed by atoms with Crippen molar-refractivity contribution >= 4 is 68.1 Å². The molecule has 6 nitrogen and oxygen atoms in total. The molecular formula is C21H16Cl2N4O2S2. The Morgan fingerprint density at radius 1 is 1.19 bits per heavy atom. The maximum Gasteiger partial charge on any atom is 0.267 e. The van der Waals surface area contributed by atoms with E-state index in [0.717, 1.165) is 10.4 Å². The molecule has 0 saturated heterocycles. The van der Waals surface area contributed by atoms with Gasteiger partial charge in [0.25, 0.3) is 5.56 Å². The van der Waals surface area contributed by atoms with Crippen molar-refractivity contribution in [2.24, 2.45) is 0 Å². The molecule has 31 heavy (non-hydrogen) atoms. The molecule has 0 unspecified atom stereocenters. The number of carbonyl (C=O) groups is 1. The summed E-state index contributed by atoms with van der Waals surface area (Å²) in [6.07, 6.45) is 1.54. The number of thiophene rings is 1. The van der Waals surface area contributed by atoms with Gasteiger partial charge in [0.15, 0.2) is 10.3 Å². The summed E-state index contributed by atoms with van der Waals surface area (Å²) >= 11 is 14.7. The molecule has 1 aromatic carbocycles. The van der Waals surface area contributed by atoms with Crippen molar-refractivity contribution in [3.05, 3.63) is 73.6 Å². The number of fused-ring (bicyclic) bond motifs is 1. The fourth-order valence-electron chi connectivity index (χ4n) is 2.99. The second-order valence-corrected chi connectivity index (χ2v) is 9.59. The molecule has 1 amide bonds. The number of benzene rings is 1. The smallest absolute Gasteiger partial charge is 0.267 e. The van der Waals surface area contributed by atoms with Gasteiger partial charge in [0.2, 0.25) is 5.91 Å². The van der Waals surface area contributed by atoms with Crippen LogP contribution >= 0.6 is 46.3 Å². The van der Waals surface area contributed by atoms with E-state index in [2.05, 4.69) is 10.3 Å². The number of aromatic nitrogens is 3. The van der Waals surface area contributed by atoms with Crippen LogP contribution in [0.25, 0.3) is 15.9 Å². The average molecular weight is 491 g/mol. The van der Waals surface area contributed by atoms with E-state index in [0.29, 0.717) is 31.8 Å². The summed E-state index contributed by atoms with van der Waals surface area (Å²) in [6, 6.07) is 10.3. The molecule has 0 atom stereocenters. The predicted molar refractivity (Wildman–Crippen MR) is 128 cm³/mol. The molecule has 158 valence electrons. The van der Waals surface area contributed by atoms with Crippen LogP contribution in [0.3, 0.4) is 0 Å². The number of aryl methyl sites for hydroxylation is 2. The van der Waals surface area contributed by atoms with Gasteiger partial charge in [-0.3, -0.25) is 14.2 Å². The Balaban J connectivity index is 1.71. The molecule has 0 aliphatic carbocycles. The number of hydrogen-bond acceptors (Lipinski definition) is 6. The standard InChI is InChI=1S/C21H16Cl2N4O2S2/c1-11-12(2)31-19-17(11)20(29)27(14-7-5-13(22)6-8-14)21(26-19)30-10-16(28)25-15-4-3-9-24-18(15)23/h3-9H,10H2,1-2H3,(H,25,28). The quantitative estimate of drug-likeness (QED) is 0.227. The molecular weight excluding hydrogens is 475 g/mol. The Bertz CT molecular complexity index is 1350. The monoisotopic (exact) mass is 490 g/mol. The minimum Gasteiger partial charge on any atom is -0.323 e. The Kier molecular flexibility index (Phi) is 6.34. The summed E-state index contributed by atoms with van der Waals surface area (Å²) < 4.78 is 1.52. The molecule has 0 radical (unpaired) electrons. The molecule has 0 aliphatic rings. The number of halogens is 2.